The van der Waals surface area contributed by atoms with Crippen LogP contribution in [0.5, 0.6) is 0 Å². The Bertz CT molecular complexity index is 301. The first-order chi connectivity index (χ1) is 7.31. The van der Waals surface area contributed by atoms with Crippen molar-refractivity contribution in [2.45, 2.75) is 37.8 Å². The number of piperidine rings is 1. The molecule has 0 amide bonds. The second-order valence-corrected chi connectivity index (χ2v) is 4.19. The molecule has 0 spiro atoms. The second kappa shape index (κ2) is 4.68. The third-order valence-electron chi connectivity index (χ3n) is 3.19. The van der Waals surface area contributed by atoms with Gasteiger partial charge in [-0.1, -0.05) is 6.92 Å². The van der Waals surface area contributed by atoms with Gasteiger partial charge in [0, 0.05) is 36.9 Å². The Morgan fingerprint density at radius 2 is 2.20 bits per heavy atom. The Balaban J connectivity index is 2.03. The molecule has 2 heterocycles. The van der Waals surface area contributed by atoms with Gasteiger partial charge in [0.05, 0.1) is 0 Å². The van der Waals surface area contributed by atoms with Gasteiger partial charge in [-0.15, -0.1) is 0 Å². The van der Waals surface area contributed by atoms with E-state index in [4.69, 9.17) is 5.73 Å². The molecular formula is C11H18N4. The third kappa shape index (κ3) is 2.33. The molecule has 4 heteroatoms. The number of aromatic nitrogens is 2. The molecule has 82 valence electrons. The molecule has 1 saturated heterocycles. The molecular weight excluding hydrogens is 188 g/mol. The number of hydrogen-bond acceptors (Lipinski definition) is 4. The van der Waals surface area contributed by atoms with Gasteiger partial charge in [-0.3, -0.25) is 0 Å². The lowest BCUT2D eigenvalue weighted by Gasteiger charge is -2.34. The monoisotopic (exact) mass is 206 g/mol. The highest BCUT2D eigenvalue weighted by molar-refractivity contribution is 5.13. The van der Waals surface area contributed by atoms with E-state index in [1.807, 2.05) is 12.4 Å². The average Bonchev–Trinajstić information content (AvgIpc) is 2.30. The normalized spacial score (nSPS) is 31.5. The highest BCUT2D eigenvalue weighted by atomic mass is 15.0. The maximum atomic E-state index is 6.11. The van der Waals surface area contributed by atoms with Crippen LogP contribution in [0.2, 0.25) is 0 Å². The molecule has 0 aromatic carbocycles. The van der Waals surface area contributed by atoms with E-state index in [2.05, 4.69) is 22.2 Å². The van der Waals surface area contributed by atoms with Gasteiger partial charge < -0.3 is 11.1 Å². The predicted molar refractivity (Wildman–Crippen MR) is 59.4 cm³/mol. The van der Waals surface area contributed by atoms with Crippen LogP contribution in [0.1, 0.15) is 31.2 Å². The van der Waals surface area contributed by atoms with E-state index >= 15 is 0 Å². The first-order valence-corrected chi connectivity index (χ1v) is 5.55. The van der Waals surface area contributed by atoms with Crippen molar-refractivity contribution in [1.82, 2.24) is 15.3 Å². The summed E-state index contributed by atoms with van der Waals surface area (Å²) in [5, 5.41) is 3.49. The Hall–Kier alpha value is -1.00. The third-order valence-corrected chi connectivity index (χ3v) is 3.19. The lowest BCUT2D eigenvalue weighted by molar-refractivity contribution is 0.314. The smallest absolute Gasteiger partial charge is 0.115 e. The number of nitrogens with one attached hydrogen (secondary N) is 1. The standard InChI is InChI=1S/C11H18N4/c1-2-11-10(12)3-8(6-15-11)9-4-13-7-14-5-9/h4-5,7-8,10-11,15H,2-3,6,12H2,1H3. The zero-order chi connectivity index (χ0) is 10.7. The van der Waals surface area contributed by atoms with Gasteiger partial charge >= 0.3 is 0 Å². The summed E-state index contributed by atoms with van der Waals surface area (Å²) in [5.41, 5.74) is 7.30. The van der Waals surface area contributed by atoms with E-state index in [9.17, 15) is 0 Å². The Morgan fingerprint density at radius 1 is 1.47 bits per heavy atom. The van der Waals surface area contributed by atoms with Gasteiger partial charge in [0.2, 0.25) is 0 Å². The van der Waals surface area contributed by atoms with Gasteiger partial charge in [0.1, 0.15) is 6.33 Å². The minimum absolute atomic E-state index is 0.244. The van der Waals surface area contributed by atoms with E-state index in [0.717, 1.165) is 19.4 Å². The van der Waals surface area contributed by atoms with Crippen LogP contribution >= 0.6 is 0 Å². The van der Waals surface area contributed by atoms with Crippen molar-refractivity contribution in [2.75, 3.05) is 6.54 Å². The van der Waals surface area contributed by atoms with Crippen LogP contribution in [0.25, 0.3) is 0 Å². The fraction of sp³-hybridized carbons (Fsp3) is 0.636. The Kier molecular flexibility index (Phi) is 3.28. The largest absolute Gasteiger partial charge is 0.326 e. The lowest BCUT2D eigenvalue weighted by Crippen LogP contribution is -2.51. The van der Waals surface area contributed by atoms with E-state index in [-0.39, 0.29) is 6.04 Å². The maximum absolute atomic E-state index is 6.11. The molecule has 15 heavy (non-hydrogen) atoms. The molecule has 3 unspecified atom stereocenters. The summed E-state index contributed by atoms with van der Waals surface area (Å²) in [4.78, 5) is 8.09. The molecule has 1 fully saturated rings. The van der Waals surface area contributed by atoms with Crippen molar-refractivity contribution in [2.24, 2.45) is 5.73 Å². The average molecular weight is 206 g/mol. The van der Waals surface area contributed by atoms with E-state index in [0.29, 0.717) is 12.0 Å². The number of nitrogens with two attached hydrogens (primary N) is 1. The summed E-state index contributed by atoms with van der Waals surface area (Å²) in [6.45, 7) is 3.16. The summed E-state index contributed by atoms with van der Waals surface area (Å²) < 4.78 is 0. The van der Waals surface area contributed by atoms with Gasteiger partial charge in [-0.05, 0) is 18.4 Å². The minimum Gasteiger partial charge on any atom is -0.326 e. The molecule has 1 aliphatic rings. The van der Waals surface area contributed by atoms with Crippen LogP contribution in [0.3, 0.4) is 0 Å². The summed E-state index contributed by atoms with van der Waals surface area (Å²) in [5.74, 6) is 0.462. The number of rotatable bonds is 2. The molecule has 1 aromatic rings. The SMILES string of the molecule is CCC1NCC(c2cncnc2)CC1N. The molecule has 0 radical (unpaired) electrons. The Morgan fingerprint density at radius 3 is 2.80 bits per heavy atom. The topological polar surface area (TPSA) is 63.8 Å². The molecule has 2 rings (SSSR count). The molecule has 1 aromatic heterocycles. The first kappa shape index (κ1) is 10.5. The minimum atomic E-state index is 0.244. The maximum Gasteiger partial charge on any atom is 0.115 e. The van der Waals surface area contributed by atoms with Gasteiger partial charge in [-0.2, -0.15) is 0 Å². The highest BCUT2D eigenvalue weighted by Gasteiger charge is 2.27. The first-order valence-electron chi connectivity index (χ1n) is 5.55. The summed E-state index contributed by atoms with van der Waals surface area (Å²) in [6.07, 6.45) is 7.46. The van der Waals surface area contributed by atoms with Crippen molar-refractivity contribution >= 4 is 0 Å². The van der Waals surface area contributed by atoms with Crippen molar-refractivity contribution < 1.29 is 0 Å². The molecule has 3 atom stereocenters. The highest BCUT2D eigenvalue weighted by Crippen LogP contribution is 2.24. The van der Waals surface area contributed by atoms with Gasteiger partial charge in [0.15, 0.2) is 0 Å². The van der Waals surface area contributed by atoms with Gasteiger partial charge in [-0.25, -0.2) is 9.97 Å². The quantitative estimate of drug-likeness (QED) is 0.746. The molecule has 0 saturated carbocycles. The fourth-order valence-electron chi connectivity index (χ4n) is 2.24. The second-order valence-electron chi connectivity index (χ2n) is 4.19. The van der Waals surface area contributed by atoms with E-state index in [1.165, 1.54) is 5.56 Å². The lowest BCUT2D eigenvalue weighted by atomic mass is 9.86. The zero-order valence-corrected chi connectivity index (χ0v) is 9.06. The van der Waals surface area contributed by atoms with Crippen molar-refractivity contribution in [3.8, 4) is 0 Å². The van der Waals surface area contributed by atoms with Crippen LogP contribution in [0.15, 0.2) is 18.7 Å². The number of hydrogen-bond donors (Lipinski definition) is 2. The molecule has 3 N–H and O–H groups in total. The van der Waals surface area contributed by atoms with E-state index in [1.54, 1.807) is 6.33 Å². The molecule has 4 nitrogen and oxygen atoms in total. The summed E-state index contributed by atoms with van der Waals surface area (Å²) in [6, 6.07) is 0.708. The van der Waals surface area contributed by atoms with Crippen LogP contribution in [0.4, 0.5) is 0 Å². The molecule has 0 aliphatic carbocycles. The van der Waals surface area contributed by atoms with Gasteiger partial charge in [0.25, 0.3) is 0 Å². The van der Waals surface area contributed by atoms with Crippen molar-refractivity contribution in [3.63, 3.8) is 0 Å². The van der Waals surface area contributed by atoms with Crippen molar-refractivity contribution in [3.05, 3.63) is 24.3 Å². The van der Waals surface area contributed by atoms with Crippen LogP contribution < -0.4 is 11.1 Å². The van der Waals surface area contributed by atoms with Crippen LogP contribution in [0, 0.1) is 0 Å². The van der Waals surface area contributed by atoms with Crippen LogP contribution in [-0.4, -0.2) is 28.6 Å². The molecule has 0 bridgehead atoms. The summed E-state index contributed by atoms with van der Waals surface area (Å²) >= 11 is 0. The molecule has 1 aliphatic heterocycles. The summed E-state index contributed by atoms with van der Waals surface area (Å²) in [7, 11) is 0. The predicted octanol–water partition coefficient (Wildman–Crippen LogP) is 0.659. The van der Waals surface area contributed by atoms with E-state index < -0.39 is 0 Å². The fourth-order valence-corrected chi connectivity index (χ4v) is 2.24. The van der Waals surface area contributed by atoms with Crippen LogP contribution in [-0.2, 0) is 0 Å². The zero-order valence-electron chi connectivity index (χ0n) is 9.06. The number of nitrogens with zero attached hydrogens (tertiary/aromatic N) is 2. The Labute approximate surface area is 90.3 Å². The van der Waals surface area contributed by atoms with Crippen molar-refractivity contribution in [1.29, 1.82) is 0 Å².